The van der Waals surface area contributed by atoms with Crippen molar-refractivity contribution in [2.75, 3.05) is 37.6 Å². The Hall–Kier alpha value is -2.08. The zero-order valence-corrected chi connectivity index (χ0v) is 16.1. The first-order valence-electron chi connectivity index (χ1n) is 9.80. The van der Waals surface area contributed by atoms with E-state index >= 15 is 0 Å². The van der Waals surface area contributed by atoms with Crippen molar-refractivity contribution in [1.29, 1.82) is 0 Å². The van der Waals surface area contributed by atoms with Crippen molar-refractivity contribution in [2.45, 2.75) is 46.0 Å². The van der Waals surface area contributed by atoms with Crippen molar-refractivity contribution in [3.63, 3.8) is 0 Å². The highest BCUT2D eigenvalue weighted by molar-refractivity contribution is 5.95. The molecule has 6 nitrogen and oxygen atoms in total. The van der Waals surface area contributed by atoms with Crippen LogP contribution in [-0.4, -0.2) is 49.4 Å². The summed E-state index contributed by atoms with van der Waals surface area (Å²) in [6.45, 7) is 8.30. The molecule has 26 heavy (non-hydrogen) atoms. The van der Waals surface area contributed by atoms with Crippen molar-refractivity contribution in [2.24, 2.45) is 0 Å². The number of hydrogen-bond donors (Lipinski definition) is 2. The van der Waals surface area contributed by atoms with Gasteiger partial charge in [0, 0.05) is 24.3 Å². The van der Waals surface area contributed by atoms with Gasteiger partial charge in [0.25, 0.3) is 11.8 Å². The predicted octanol–water partition coefficient (Wildman–Crippen LogP) is 2.56. The molecule has 6 heteroatoms. The van der Waals surface area contributed by atoms with Gasteiger partial charge in [-0.3, -0.25) is 25.3 Å². The minimum Gasteiger partial charge on any atom is -0.372 e. The van der Waals surface area contributed by atoms with Gasteiger partial charge in [0.15, 0.2) is 0 Å². The molecule has 2 N–H and O–H groups in total. The summed E-state index contributed by atoms with van der Waals surface area (Å²) in [5.74, 6) is -0.462. The lowest BCUT2D eigenvalue weighted by Crippen LogP contribution is -2.46. The molecule has 1 aromatic carbocycles. The molecule has 1 aromatic rings. The number of amides is 2. The van der Waals surface area contributed by atoms with E-state index < -0.39 is 0 Å². The smallest absolute Gasteiger partial charge is 0.269 e. The van der Waals surface area contributed by atoms with Crippen LogP contribution in [0, 0.1) is 0 Å². The molecule has 1 aliphatic heterocycles. The van der Waals surface area contributed by atoms with Gasteiger partial charge in [0.05, 0.1) is 6.54 Å². The molecular weight excluding hydrogens is 328 g/mol. The van der Waals surface area contributed by atoms with Crippen LogP contribution < -0.4 is 15.8 Å². The summed E-state index contributed by atoms with van der Waals surface area (Å²) >= 11 is 0. The average molecular weight is 361 g/mol. The van der Waals surface area contributed by atoms with Crippen LogP contribution in [0.15, 0.2) is 24.3 Å². The van der Waals surface area contributed by atoms with E-state index in [2.05, 4.69) is 34.5 Å². The number of hydrogen-bond acceptors (Lipinski definition) is 4. The van der Waals surface area contributed by atoms with Gasteiger partial charge in [-0.1, -0.05) is 19.3 Å². The Kier molecular flexibility index (Phi) is 8.41. The van der Waals surface area contributed by atoms with E-state index in [1.165, 1.54) is 19.3 Å². The number of nitrogens with zero attached hydrogens (tertiary/aromatic N) is 2. The monoisotopic (exact) mass is 360 g/mol. The lowest BCUT2D eigenvalue weighted by Gasteiger charge is -2.23. The molecular formula is C20H32N4O2. The summed E-state index contributed by atoms with van der Waals surface area (Å²) in [5.41, 5.74) is 6.67. The lowest BCUT2D eigenvalue weighted by molar-refractivity contribution is -0.123. The third-order valence-corrected chi connectivity index (χ3v) is 4.89. The zero-order valence-electron chi connectivity index (χ0n) is 16.1. The lowest BCUT2D eigenvalue weighted by atomic mass is 10.1. The molecule has 0 radical (unpaired) electrons. The molecule has 2 rings (SSSR count). The Morgan fingerprint density at radius 2 is 1.50 bits per heavy atom. The van der Waals surface area contributed by atoms with Crippen molar-refractivity contribution >= 4 is 17.5 Å². The molecule has 1 heterocycles. The Labute approximate surface area is 156 Å². The predicted molar refractivity (Wildman–Crippen MR) is 105 cm³/mol. The Balaban J connectivity index is 1.79. The molecule has 0 spiro atoms. The third-order valence-electron chi connectivity index (χ3n) is 4.89. The van der Waals surface area contributed by atoms with E-state index in [0.717, 1.165) is 44.7 Å². The summed E-state index contributed by atoms with van der Waals surface area (Å²) in [6, 6.07) is 7.44. The first-order valence-corrected chi connectivity index (χ1v) is 9.80. The second kappa shape index (κ2) is 10.8. The van der Waals surface area contributed by atoms with Crippen molar-refractivity contribution in [3.8, 4) is 0 Å². The Bertz CT molecular complexity index is 562. The number of anilines is 1. The maximum atomic E-state index is 12.2. The molecule has 0 atom stereocenters. The summed E-state index contributed by atoms with van der Waals surface area (Å²) in [4.78, 5) is 28.7. The topological polar surface area (TPSA) is 64.7 Å². The standard InChI is InChI=1S/C20H32N4O2/c1-3-24(4-2)18-12-10-17(11-13-18)20(26)22-21-19(25)16-23-14-8-6-5-7-9-15-23/h10-13H,3-9,14-16H2,1-2H3,(H,21,25)(H,22,26). The quantitative estimate of drug-likeness (QED) is 0.765. The van der Waals surface area contributed by atoms with Crippen molar-refractivity contribution in [1.82, 2.24) is 15.8 Å². The molecule has 144 valence electrons. The molecule has 0 aliphatic carbocycles. The minimum absolute atomic E-state index is 0.168. The Morgan fingerprint density at radius 1 is 0.923 bits per heavy atom. The molecule has 1 aliphatic rings. The highest BCUT2D eigenvalue weighted by atomic mass is 16.2. The molecule has 1 fully saturated rings. The van der Waals surface area contributed by atoms with Gasteiger partial charge in [-0.25, -0.2) is 0 Å². The summed E-state index contributed by atoms with van der Waals surface area (Å²) in [5, 5.41) is 0. The van der Waals surface area contributed by atoms with E-state index in [9.17, 15) is 9.59 Å². The first-order chi connectivity index (χ1) is 12.6. The number of likely N-dealkylation sites (tertiary alicyclic amines) is 1. The van der Waals surface area contributed by atoms with Gasteiger partial charge in [-0.2, -0.15) is 0 Å². The number of carbonyl (C=O) groups is 2. The number of benzene rings is 1. The van der Waals surface area contributed by atoms with Crippen LogP contribution in [0.1, 0.15) is 56.3 Å². The van der Waals surface area contributed by atoms with Gasteiger partial charge in [-0.05, 0) is 64.0 Å². The van der Waals surface area contributed by atoms with Gasteiger partial charge >= 0.3 is 0 Å². The van der Waals surface area contributed by atoms with Gasteiger partial charge in [0.1, 0.15) is 0 Å². The summed E-state index contributed by atoms with van der Waals surface area (Å²) in [6.07, 6.45) is 6.04. The molecule has 0 bridgehead atoms. The summed E-state index contributed by atoms with van der Waals surface area (Å²) in [7, 11) is 0. The van der Waals surface area contributed by atoms with Gasteiger partial charge in [-0.15, -0.1) is 0 Å². The first kappa shape index (κ1) is 20.2. The fourth-order valence-electron chi connectivity index (χ4n) is 3.32. The van der Waals surface area contributed by atoms with Crippen LogP contribution in [0.4, 0.5) is 5.69 Å². The highest BCUT2D eigenvalue weighted by Crippen LogP contribution is 2.14. The van der Waals surface area contributed by atoms with Crippen molar-refractivity contribution in [3.05, 3.63) is 29.8 Å². The van der Waals surface area contributed by atoms with Gasteiger partial charge in [0.2, 0.25) is 0 Å². The third kappa shape index (κ3) is 6.33. The number of rotatable bonds is 6. The van der Waals surface area contributed by atoms with Crippen molar-refractivity contribution < 1.29 is 9.59 Å². The zero-order chi connectivity index (χ0) is 18.8. The normalized spacial score (nSPS) is 15.6. The summed E-state index contributed by atoms with van der Waals surface area (Å²) < 4.78 is 0. The van der Waals surface area contributed by atoms with Crippen LogP contribution >= 0.6 is 0 Å². The number of nitrogens with one attached hydrogen (secondary N) is 2. The molecule has 0 aromatic heterocycles. The van der Waals surface area contributed by atoms with E-state index in [0.29, 0.717) is 12.1 Å². The van der Waals surface area contributed by atoms with E-state index in [4.69, 9.17) is 0 Å². The molecule has 0 unspecified atom stereocenters. The number of carbonyl (C=O) groups excluding carboxylic acids is 2. The average Bonchev–Trinajstić information content (AvgIpc) is 2.63. The fraction of sp³-hybridized carbons (Fsp3) is 0.600. The van der Waals surface area contributed by atoms with E-state index in [1.807, 2.05) is 12.1 Å². The largest absolute Gasteiger partial charge is 0.372 e. The van der Waals surface area contributed by atoms with Crippen LogP contribution in [0.25, 0.3) is 0 Å². The van der Waals surface area contributed by atoms with E-state index in [-0.39, 0.29) is 11.8 Å². The SMILES string of the molecule is CCN(CC)c1ccc(C(=O)NNC(=O)CN2CCCCCCC2)cc1. The van der Waals surface area contributed by atoms with Crippen LogP contribution in [0.5, 0.6) is 0 Å². The maximum Gasteiger partial charge on any atom is 0.269 e. The molecule has 1 saturated heterocycles. The second-order valence-corrected chi connectivity index (χ2v) is 6.77. The maximum absolute atomic E-state index is 12.2. The highest BCUT2D eigenvalue weighted by Gasteiger charge is 2.13. The fourth-order valence-corrected chi connectivity index (χ4v) is 3.32. The van der Waals surface area contributed by atoms with Gasteiger partial charge < -0.3 is 4.90 Å². The van der Waals surface area contributed by atoms with E-state index in [1.54, 1.807) is 12.1 Å². The molecule has 0 saturated carbocycles. The Morgan fingerprint density at radius 3 is 2.08 bits per heavy atom. The minimum atomic E-state index is -0.294. The van der Waals surface area contributed by atoms with Crippen LogP contribution in [0.3, 0.4) is 0 Å². The van der Waals surface area contributed by atoms with Crippen LogP contribution in [-0.2, 0) is 4.79 Å². The van der Waals surface area contributed by atoms with Crippen LogP contribution in [0.2, 0.25) is 0 Å². The molecule has 2 amide bonds. The number of hydrazine groups is 1. The second-order valence-electron chi connectivity index (χ2n) is 6.77.